The standard InChI is InChI=1S/C12H15NO5/c1-17-10-4-2-9(3-5-10)6-13-11(14)7-18-8-12(15)16/h2-5H,6-8H2,1H3,(H,13,14)(H,15,16)/p-1. The number of carbonyl (C=O) groups is 2. The zero-order valence-corrected chi connectivity index (χ0v) is 9.97. The van der Waals surface area contributed by atoms with Crippen molar-refractivity contribution in [2.45, 2.75) is 6.54 Å². The van der Waals surface area contributed by atoms with Crippen LogP contribution in [0.25, 0.3) is 0 Å². The van der Waals surface area contributed by atoms with E-state index in [0.29, 0.717) is 6.54 Å². The summed E-state index contributed by atoms with van der Waals surface area (Å²) in [5.74, 6) is -0.993. The van der Waals surface area contributed by atoms with Gasteiger partial charge in [0.25, 0.3) is 0 Å². The highest BCUT2D eigenvalue weighted by Crippen LogP contribution is 2.10. The molecule has 0 spiro atoms. The summed E-state index contributed by atoms with van der Waals surface area (Å²) < 4.78 is 9.59. The number of methoxy groups -OCH3 is 1. The lowest BCUT2D eigenvalue weighted by Crippen LogP contribution is -2.32. The Labute approximate surface area is 105 Å². The van der Waals surface area contributed by atoms with Gasteiger partial charge in [-0.2, -0.15) is 0 Å². The lowest BCUT2D eigenvalue weighted by Gasteiger charge is -2.07. The van der Waals surface area contributed by atoms with E-state index in [2.05, 4.69) is 10.1 Å². The van der Waals surface area contributed by atoms with Crippen molar-refractivity contribution in [3.63, 3.8) is 0 Å². The van der Waals surface area contributed by atoms with Crippen molar-refractivity contribution >= 4 is 11.9 Å². The van der Waals surface area contributed by atoms with Crippen LogP contribution in [0.4, 0.5) is 0 Å². The molecule has 1 rings (SSSR count). The van der Waals surface area contributed by atoms with E-state index in [9.17, 15) is 14.7 Å². The van der Waals surface area contributed by atoms with E-state index in [0.717, 1.165) is 11.3 Å². The fraction of sp³-hybridized carbons (Fsp3) is 0.333. The Morgan fingerprint density at radius 2 is 1.89 bits per heavy atom. The first-order chi connectivity index (χ1) is 8.61. The van der Waals surface area contributed by atoms with E-state index in [-0.39, 0.29) is 12.5 Å². The highest BCUT2D eigenvalue weighted by Gasteiger charge is 2.01. The summed E-state index contributed by atoms with van der Waals surface area (Å²) >= 11 is 0. The van der Waals surface area contributed by atoms with Crippen LogP contribution in [-0.4, -0.2) is 32.2 Å². The van der Waals surface area contributed by atoms with Crippen molar-refractivity contribution in [3.05, 3.63) is 29.8 Å². The van der Waals surface area contributed by atoms with Crippen molar-refractivity contribution in [2.24, 2.45) is 0 Å². The number of amides is 1. The van der Waals surface area contributed by atoms with Crippen LogP contribution >= 0.6 is 0 Å². The van der Waals surface area contributed by atoms with Gasteiger partial charge in [0, 0.05) is 6.54 Å². The molecule has 0 aromatic heterocycles. The predicted octanol–water partition coefficient (Wildman–Crippen LogP) is -0.922. The maximum atomic E-state index is 11.2. The first-order valence-electron chi connectivity index (χ1n) is 5.29. The number of hydrogen-bond donors (Lipinski definition) is 1. The van der Waals surface area contributed by atoms with E-state index in [1.807, 2.05) is 12.1 Å². The molecule has 0 radical (unpaired) electrons. The van der Waals surface area contributed by atoms with Crippen LogP contribution in [-0.2, 0) is 20.9 Å². The third-order valence-electron chi connectivity index (χ3n) is 2.10. The molecule has 0 heterocycles. The number of carboxylic acids is 1. The molecule has 0 unspecified atom stereocenters. The molecule has 0 bridgehead atoms. The SMILES string of the molecule is COc1ccc(CNC(=O)COCC(=O)[O-])cc1. The molecule has 98 valence electrons. The number of aliphatic carboxylic acids is 1. The number of benzene rings is 1. The van der Waals surface area contributed by atoms with E-state index < -0.39 is 12.6 Å². The molecule has 6 heteroatoms. The third kappa shape index (κ3) is 5.31. The Hall–Kier alpha value is -2.08. The molecule has 0 saturated heterocycles. The summed E-state index contributed by atoms with van der Waals surface area (Å²) in [5, 5.41) is 12.6. The second-order valence-corrected chi connectivity index (χ2v) is 3.49. The summed E-state index contributed by atoms with van der Waals surface area (Å²) in [5.41, 5.74) is 0.907. The minimum absolute atomic E-state index is 0.301. The maximum absolute atomic E-state index is 11.2. The van der Waals surface area contributed by atoms with Crippen LogP contribution in [0.3, 0.4) is 0 Å². The van der Waals surface area contributed by atoms with Crippen molar-refractivity contribution in [1.29, 1.82) is 0 Å². The molecule has 0 aliphatic carbocycles. The second kappa shape index (κ2) is 7.29. The van der Waals surface area contributed by atoms with Crippen molar-refractivity contribution < 1.29 is 24.2 Å². The van der Waals surface area contributed by atoms with Gasteiger partial charge in [-0.25, -0.2) is 0 Å². The van der Waals surface area contributed by atoms with Gasteiger partial charge in [0.05, 0.1) is 19.7 Å². The largest absolute Gasteiger partial charge is 0.548 e. The van der Waals surface area contributed by atoms with Crippen LogP contribution < -0.4 is 15.2 Å². The molecular weight excluding hydrogens is 238 g/mol. The van der Waals surface area contributed by atoms with E-state index in [1.165, 1.54) is 0 Å². The Morgan fingerprint density at radius 3 is 2.44 bits per heavy atom. The first kappa shape index (κ1) is 14.0. The van der Waals surface area contributed by atoms with Gasteiger partial charge in [-0.05, 0) is 17.7 Å². The van der Waals surface area contributed by atoms with E-state index in [4.69, 9.17) is 4.74 Å². The number of carboxylic acid groups (broad SMARTS) is 1. The van der Waals surface area contributed by atoms with Gasteiger partial charge < -0.3 is 24.7 Å². The Balaban J connectivity index is 2.26. The number of rotatable bonds is 7. The summed E-state index contributed by atoms with van der Waals surface area (Å²) in [6.07, 6.45) is 0. The minimum Gasteiger partial charge on any atom is -0.548 e. The normalized spacial score (nSPS) is 9.83. The molecule has 1 N–H and O–H groups in total. The zero-order valence-electron chi connectivity index (χ0n) is 9.97. The molecule has 1 aromatic rings. The molecule has 1 aromatic carbocycles. The Bertz CT molecular complexity index is 401. The zero-order chi connectivity index (χ0) is 13.4. The summed E-state index contributed by atoms with van der Waals surface area (Å²) in [7, 11) is 1.57. The average molecular weight is 252 g/mol. The monoisotopic (exact) mass is 252 g/mol. The predicted molar refractivity (Wildman–Crippen MR) is 60.7 cm³/mol. The van der Waals surface area contributed by atoms with Gasteiger partial charge in [-0.3, -0.25) is 4.79 Å². The van der Waals surface area contributed by atoms with Crippen LogP contribution in [0.2, 0.25) is 0 Å². The highest BCUT2D eigenvalue weighted by molar-refractivity contribution is 5.77. The molecule has 0 fully saturated rings. The molecule has 0 aliphatic heterocycles. The van der Waals surface area contributed by atoms with Gasteiger partial charge >= 0.3 is 0 Å². The number of carbonyl (C=O) groups excluding carboxylic acids is 2. The molecule has 0 aliphatic rings. The van der Waals surface area contributed by atoms with Gasteiger partial charge in [-0.15, -0.1) is 0 Å². The van der Waals surface area contributed by atoms with Crippen LogP contribution in [0.1, 0.15) is 5.56 Å². The van der Waals surface area contributed by atoms with Crippen molar-refractivity contribution in [2.75, 3.05) is 20.3 Å². The summed E-state index contributed by atoms with van der Waals surface area (Å²) in [6.45, 7) is -0.544. The number of hydrogen-bond acceptors (Lipinski definition) is 5. The topological polar surface area (TPSA) is 87.7 Å². The van der Waals surface area contributed by atoms with Crippen molar-refractivity contribution in [3.8, 4) is 5.75 Å². The fourth-order valence-corrected chi connectivity index (χ4v) is 1.22. The number of nitrogens with one attached hydrogen (secondary N) is 1. The van der Waals surface area contributed by atoms with Crippen molar-refractivity contribution in [1.82, 2.24) is 5.32 Å². The first-order valence-corrected chi connectivity index (χ1v) is 5.29. The number of ether oxygens (including phenoxy) is 2. The Morgan fingerprint density at radius 1 is 1.22 bits per heavy atom. The minimum atomic E-state index is -1.35. The Kier molecular flexibility index (Phi) is 5.66. The fourth-order valence-electron chi connectivity index (χ4n) is 1.22. The van der Waals surface area contributed by atoms with E-state index >= 15 is 0 Å². The van der Waals surface area contributed by atoms with Gasteiger partial charge in [0.1, 0.15) is 12.4 Å². The molecule has 18 heavy (non-hydrogen) atoms. The average Bonchev–Trinajstić information content (AvgIpc) is 2.36. The van der Waals surface area contributed by atoms with Gasteiger partial charge in [-0.1, -0.05) is 12.1 Å². The summed E-state index contributed by atoms with van der Waals surface area (Å²) in [4.78, 5) is 21.3. The smallest absolute Gasteiger partial charge is 0.246 e. The molecule has 0 saturated carbocycles. The molecule has 0 atom stereocenters. The highest BCUT2D eigenvalue weighted by atomic mass is 16.5. The third-order valence-corrected chi connectivity index (χ3v) is 2.10. The lowest BCUT2D eigenvalue weighted by atomic mass is 10.2. The van der Waals surface area contributed by atoms with Crippen LogP contribution in [0.15, 0.2) is 24.3 Å². The van der Waals surface area contributed by atoms with Gasteiger partial charge in [0.2, 0.25) is 5.91 Å². The molecule has 1 amide bonds. The van der Waals surface area contributed by atoms with Crippen LogP contribution in [0, 0.1) is 0 Å². The maximum Gasteiger partial charge on any atom is 0.246 e. The van der Waals surface area contributed by atoms with Crippen LogP contribution in [0.5, 0.6) is 5.75 Å². The van der Waals surface area contributed by atoms with E-state index in [1.54, 1.807) is 19.2 Å². The summed E-state index contributed by atoms with van der Waals surface area (Å²) in [6, 6.07) is 7.21. The lowest BCUT2D eigenvalue weighted by molar-refractivity contribution is -0.309. The van der Waals surface area contributed by atoms with Gasteiger partial charge in [0.15, 0.2) is 0 Å². The molecule has 6 nitrogen and oxygen atoms in total. The second-order valence-electron chi connectivity index (χ2n) is 3.49. The molecular formula is C12H14NO5-. The quantitative estimate of drug-likeness (QED) is 0.678.